The lowest BCUT2D eigenvalue weighted by Crippen LogP contribution is -2.09. The van der Waals surface area contributed by atoms with E-state index in [0.717, 1.165) is 10.9 Å². The summed E-state index contributed by atoms with van der Waals surface area (Å²) >= 11 is 0. The van der Waals surface area contributed by atoms with Crippen LogP contribution in [0.4, 0.5) is 5.69 Å². The van der Waals surface area contributed by atoms with Crippen molar-refractivity contribution in [2.75, 3.05) is 12.3 Å². The van der Waals surface area contributed by atoms with E-state index in [4.69, 9.17) is 14.9 Å². The molecule has 110 valence electrons. The monoisotopic (exact) mass is 287 g/mol. The maximum Gasteiger partial charge on any atom is 0.359 e. The molecule has 0 spiro atoms. The zero-order chi connectivity index (χ0) is 15.6. The summed E-state index contributed by atoms with van der Waals surface area (Å²) in [4.78, 5) is 22.8. The summed E-state index contributed by atoms with van der Waals surface area (Å²) in [5.41, 5.74) is 7.71. The summed E-state index contributed by atoms with van der Waals surface area (Å²) in [5.74, 6) is -0.411. The molecule has 5 heteroatoms. The standard InChI is InChI=1S/C16H17NO4/c1-9(2)15(18)20-7-6-11-4-5-12-10(3)14(17)16(19)21-13(12)8-11/h4-5,8H,1,6-7,17H2,2-3H3. The van der Waals surface area contributed by atoms with Gasteiger partial charge in [0.05, 0.1) is 6.61 Å². The van der Waals surface area contributed by atoms with Crippen LogP contribution in [0.1, 0.15) is 18.1 Å². The first-order valence-corrected chi connectivity index (χ1v) is 6.54. The van der Waals surface area contributed by atoms with Gasteiger partial charge in [-0.25, -0.2) is 9.59 Å². The van der Waals surface area contributed by atoms with E-state index >= 15 is 0 Å². The maximum absolute atomic E-state index is 11.6. The molecule has 0 aliphatic rings. The van der Waals surface area contributed by atoms with E-state index in [1.807, 2.05) is 12.1 Å². The third kappa shape index (κ3) is 3.13. The molecular formula is C16H17NO4. The van der Waals surface area contributed by atoms with Crippen LogP contribution in [-0.4, -0.2) is 12.6 Å². The third-order valence-electron chi connectivity index (χ3n) is 3.25. The van der Waals surface area contributed by atoms with Crippen LogP contribution < -0.4 is 11.4 Å². The van der Waals surface area contributed by atoms with Crippen molar-refractivity contribution in [3.8, 4) is 0 Å². The number of hydrogen-bond acceptors (Lipinski definition) is 5. The van der Waals surface area contributed by atoms with Crippen molar-refractivity contribution in [1.29, 1.82) is 0 Å². The van der Waals surface area contributed by atoms with Gasteiger partial charge in [-0.05, 0) is 31.0 Å². The molecule has 1 aromatic carbocycles. The van der Waals surface area contributed by atoms with E-state index in [-0.39, 0.29) is 12.3 Å². The largest absolute Gasteiger partial charge is 0.462 e. The number of carbonyl (C=O) groups excluding carboxylic acids is 1. The molecule has 0 saturated heterocycles. The van der Waals surface area contributed by atoms with Crippen LogP contribution in [0.3, 0.4) is 0 Å². The molecule has 0 aliphatic carbocycles. The molecule has 0 unspecified atom stereocenters. The summed E-state index contributed by atoms with van der Waals surface area (Å²) in [6.45, 7) is 7.14. The van der Waals surface area contributed by atoms with Crippen molar-refractivity contribution in [2.24, 2.45) is 0 Å². The van der Waals surface area contributed by atoms with Crippen molar-refractivity contribution >= 4 is 22.6 Å². The van der Waals surface area contributed by atoms with Crippen LogP contribution in [0.25, 0.3) is 11.0 Å². The van der Waals surface area contributed by atoms with E-state index in [2.05, 4.69) is 6.58 Å². The average molecular weight is 287 g/mol. The van der Waals surface area contributed by atoms with E-state index in [1.165, 1.54) is 0 Å². The fourth-order valence-corrected chi connectivity index (χ4v) is 1.95. The minimum atomic E-state index is -0.536. The fourth-order valence-electron chi connectivity index (χ4n) is 1.95. The van der Waals surface area contributed by atoms with Crippen molar-refractivity contribution in [3.63, 3.8) is 0 Å². The second-order valence-electron chi connectivity index (χ2n) is 4.92. The number of nitrogen functional groups attached to an aromatic ring is 1. The Morgan fingerprint density at radius 3 is 2.81 bits per heavy atom. The van der Waals surface area contributed by atoms with E-state index in [0.29, 0.717) is 23.1 Å². The molecule has 0 radical (unpaired) electrons. The topological polar surface area (TPSA) is 82.5 Å². The zero-order valence-electron chi connectivity index (χ0n) is 12.1. The number of fused-ring (bicyclic) bond motifs is 1. The summed E-state index contributed by atoms with van der Waals surface area (Å²) in [6.07, 6.45) is 0.530. The summed E-state index contributed by atoms with van der Waals surface area (Å²) < 4.78 is 10.2. The molecule has 0 amide bonds. The van der Waals surface area contributed by atoms with Gasteiger partial charge in [-0.3, -0.25) is 0 Å². The quantitative estimate of drug-likeness (QED) is 0.530. The highest BCUT2D eigenvalue weighted by molar-refractivity contribution is 5.87. The lowest BCUT2D eigenvalue weighted by Gasteiger charge is -2.07. The molecule has 5 nitrogen and oxygen atoms in total. The molecule has 0 atom stereocenters. The smallest absolute Gasteiger partial charge is 0.359 e. The number of ether oxygens (including phenoxy) is 1. The summed E-state index contributed by atoms with van der Waals surface area (Å²) in [5, 5.41) is 0.801. The predicted octanol–water partition coefficient (Wildman–Crippen LogP) is 2.35. The average Bonchev–Trinajstić information content (AvgIpc) is 2.44. The minimum absolute atomic E-state index is 0.130. The lowest BCUT2D eigenvalue weighted by molar-refractivity contribution is -0.138. The van der Waals surface area contributed by atoms with Crippen LogP contribution in [0, 0.1) is 6.92 Å². The first-order chi connectivity index (χ1) is 9.90. The van der Waals surface area contributed by atoms with Gasteiger partial charge >= 0.3 is 11.6 Å². The number of hydrogen-bond donors (Lipinski definition) is 1. The van der Waals surface area contributed by atoms with Gasteiger partial charge in [-0.2, -0.15) is 0 Å². The number of aryl methyl sites for hydroxylation is 1. The molecular weight excluding hydrogens is 270 g/mol. The third-order valence-corrected chi connectivity index (χ3v) is 3.25. The number of benzene rings is 1. The van der Waals surface area contributed by atoms with Crippen molar-refractivity contribution in [3.05, 3.63) is 51.9 Å². The van der Waals surface area contributed by atoms with Crippen LogP contribution in [0.15, 0.2) is 39.6 Å². The van der Waals surface area contributed by atoms with E-state index in [9.17, 15) is 9.59 Å². The highest BCUT2D eigenvalue weighted by atomic mass is 16.5. The highest BCUT2D eigenvalue weighted by Crippen LogP contribution is 2.21. The Morgan fingerprint density at radius 1 is 1.43 bits per heavy atom. The molecule has 0 bridgehead atoms. The Bertz CT molecular complexity index is 774. The van der Waals surface area contributed by atoms with Crippen molar-refractivity contribution < 1.29 is 13.9 Å². The molecule has 0 fully saturated rings. The SMILES string of the molecule is C=C(C)C(=O)OCCc1ccc2c(C)c(N)c(=O)oc2c1. The number of anilines is 1. The minimum Gasteiger partial charge on any atom is -0.462 e. The molecule has 2 N–H and O–H groups in total. The van der Waals surface area contributed by atoms with Gasteiger partial charge in [0.25, 0.3) is 0 Å². The summed E-state index contributed by atoms with van der Waals surface area (Å²) in [6, 6.07) is 5.50. The molecule has 1 aromatic heterocycles. The van der Waals surface area contributed by atoms with Gasteiger partial charge in [0, 0.05) is 17.4 Å². The van der Waals surface area contributed by atoms with Gasteiger partial charge < -0.3 is 14.9 Å². The lowest BCUT2D eigenvalue weighted by atomic mass is 10.1. The normalized spacial score (nSPS) is 10.6. The van der Waals surface area contributed by atoms with Gasteiger partial charge in [0.15, 0.2) is 0 Å². The Hall–Kier alpha value is -2.56. The molecule has 2 aromatic rings. The molecule has 21 heavy (non-hydrogen) atoms. The van der Waals surface area contributed by atoms with Gasteiger partial charge in [-0.15, -0.1) is 0 Å². The first-order valence-electron chi connectivity index (χ1n) is 6.54. The maximum atomic E-state index is 11.6. The van der Waals surface area contributed by atoms with Crippen molar-refractivity contribution in [2.45, 2.75) is 20.3 Å². The molecule has 0 aliphatic heterocycles. The second-order valence-corrected chi connectivity index (χ2v) is 4.92. The predicted molar refractivity (Wildman–Crippen MR) is 81.1 cm³/mol. The Labute approximate surface area is 122 Å². The highest BCUT2D eigenvalue weighted by Gasteiger charge is 2.09. The Kier molecular flexibility index (Phi) is 4.12. The number of esters is 1. The van der Waals surface area contributed by atoms with Gasteiger partial charge in [0.1, 0.15) is 11.3 Å². The van der Waals surface area contributed by atoms with Crippen LogP contribution >= 0.6 is 0 Å². The molecule has 2 rings (SSSR count). The Balaban J connectivity index is 2.20. The van der Waals surface area contributed by atoms with Crippen molar-refractivity contribution in [1.82, 2.24) is 0 Å². The number of nitrogens with two attached hydrogens (primary N) is 1. The van der Waals surface area contributed by atoms with Crippen LogP contribution in [0.5, 0.6) is 0 Å². The van der Waals surface area contributed by atoms with Gasteiger partial charge in [-0.1, -0.05) is 18.7 Å². The second kappa shape index (κ2) is 5.83. The van der Waals surface area contributed by atoms with E-state index < -0.39 is 11.6 Å². The first kappa shape index (κ1) is 14.8. The molecule has 0 saturated carbocycles. The van der Waals surface area contributed by atoms with E-state index in [1.54, 1.807) is 19.9 Å². The number of rotatable bonds is 4. The number of carbonyl (C=O) groups is 1. The molecule has 1 heterocycles. The fraction of sp³-hybridized carbons (Fsp3) is 0.250. The van der Waals surface area contributed by atoms with Gasteiger partial charge in [0.2, 0.25) is 0 Å². The summed E-state index contributed by atoms with van der Waals surface area (Å²) in [7, 11) is 0. The zero-order valence-corrected chi connectivity index (χ0v) is 12.1. The Morgan fingerprint density at radius 2 is 2.14 bits per heavy atom. The van der Waals surface area contributed by atoms with Crippen LogP contribution in [0.2, 0.25) is 0 Å². The van der Waals surface area contributed by atoms with Crippen LogP contribution in [-0.2, 0) is 16.0 Å².